The summed E-state index contributed by atoms with van der Waals surface area (Å²) in [5.41, 5.74) is 2.00. The standard InChI is InChI=1S/C22H20FN5O4S/c1-27(33(29,30)20-11-17(31-2)7-8-19(20)32-3)26-13-16-12-25-21-9-6-15(14-28(16)21)18-5-4-10-24-22(18)23/h4-14H,1-3H3/b26-13+. The minimum atomic E-state index is -4.03. The number of fused-ring (bicyclic) bond motifs is 1. The van der Waals surface area contributed by atoms with E-state index in [1.54, 1.807) is 40.9 Å². The summed E-state index contributed by atoms with van der Waals surface area (Å²) in [6.45, 7) is 0. The van der Waals surface area contributed by atoms with Crippen LogP contribution in [0, 0.1) is 5.95 Å². The molecule has 0 saturated carbocycles. The molecule has 0 bridgehead atoms. The van der Waals surface area contributed by atoms with E-state index in [4.69, 9.17) is 9.47 Å². The second-order valence-electron chi connectivity index (χ2n) is 6.87. The van der Waals surface area contributed by atoms with Gasteiger partial charge in [-0.1, -0.05) is 0 Å². The van der Waals surface area contributed by atoms with E-state index in [0.717, 1.165) is 4.41 Å². The summed E-state index contributed by atoms with van der Waals surface area (Å²) in [5, 5.41) is 4.09. The lowest BCUT2D eigenvalue weighted by atomic mass is 10.1. The topological polar surface area (TPSA) is 98.4 Å². The maximum Gasteiger partial charge on any atom is 0.282 e. The minimum absolute atomic E-state index is 0.0866. The molecule has 33 heavy (non-hydrogen) atoms. The Morgan fingerprint density at radius 1 is 1.12 bits per heavy atom. The zero-order chi connectivity index (χ0) is 23.6. The van der Waals surface area contributed by atoms with Crippen molar-refractivity contribution in [3.63, 3.8) is 0 Å². The number of imidazole rings is 1. The van der Waals surface area contributed by atoms with Crippen LogP contribution in [-0.4, -0.2) is 54.7 Å². The van der Waals surface area contributed by atoms with Gasteiger partial charge in [-0.3, -0.25) is 4.40 Å². The van der Waals surface area contributed by atoms with Crippen molar-refractivity contribution < 1.29 is 22.3 Å². The molecule has 11 heteroatoms. The number of benzene rings is 1. The number of halogens is 1. The third kappa shape index (κ3) is 4.22. The Bertz CT molecular complexity index is 1450. The fourth-order valence-corrected chi connectivity index (χ4v) is 4.31. The van der Waals surface area contributed by atoms with E-state index in [-0.39, 0.29) is 10.6 Å². The Balaban J connectivity index is 1.68. The predicted molar refractivity (Wildman–Crippen MR) is 120 cm³/mol. The van der Waals surface area contributed by atoms with Crippen LogP contribution in [-0.2, 0) is 10.0 Å². The number of hydrogen-bond donors (Lipinski definition) is 0. The summed E-state index contributed by atoms with van der Waals surface area (Å²) in [6.07, 6.45) is 5.95. The van der Waals surface area contributed by atoms with Crippen LogP contribution >= 0.6 is 0 Å². The monoisotopic (exact) mass is 469 g/mol. The van der Waals surface area contributed by atoms with E-state index in [2.05, 4.69) is 15.1 Å². The number of hydrazone groups is 1. The zero-order valence-corrected chi connectivity index (χ0v) is 18.8. The fourth-order valence-electron chi connectivity index (χ4n) is 3.19. The van der Waals surface area contributed by atoms with E-state index in [0.29, 0.717) is 28.2 Å². The van der Waals surface area contributed by atoms with Crippen LogP contribution < -0.4 is 9.47 Å². The first kappa shape index (κ1) is 22.2. The number of nitrogens with zero attached hydrogens (tertiary/aromatic N) is 5. The SMILES string of the molecule is COc1ccc(OC)c(S(=O)(=O)N(C)/N=C/c2cnc3ccc(-c4cccnc4F)cn23)c1. The molecule has 0 fully saturated rings. The van der Waals surface area contributed by atoms with E-state index in [9.17, 15) is 12.8 Å². The van der Waals surface area contributed by atoms with Crippen LogP contribution in [0.5, 0.6) is 11.5 Å². The first-order chi connectivity index (χ1) is 15.8. The number of rotatable bonds is 7. The highest BCUT2D eigenvalue weighted by molar-refractivity contribution is 7.89. The van der Waals surface area contributed by atoms with Crippen molar-refractivity contribution in [3.05, 3.63) is 72.7 Å². The molecule has 0 aliphatic carbocycles. The molecule has 9 nitrogen and oxygen atoms in total. The zero-order valence-electron chi connectivity index (χ0n) is 18.0. The number of methoxy groups -OCH3 is 2. The van der Waals surface area contributed by atoms with E-state index in [1.807, 2.05) is 0 Å². The van der Waals surface area contributed by atoms with Gasteiger partial charge in [0.2, 0.25) is 5.95 Å². The molecule has 0 atom stereocenters. The smallest absolute Gasteiger partial charge is 0.282 e. The first-order valence-electron chi connectivity index (χ1n) is 9.68. The van der Waals surface area contributed by atoms with Crippen molar-refractivity contribution in [3.8, 4) is 22.6 Å². The number of pyridine rings is 2. The molecule has 0 saturated heterocycles. The highest BCUT2D eigenvalue weighted by Crippen LogP contribution is 2.30. The molecule has 4 rings (SSSR count). The van der Waals surface area contributed by atoms with Gasteiger partial charge in [-0.05, 0) is 36.4 Å². The van der Waals surface area contributed by atoms with Crippen molar-refractivity contribution in [2.24, 2.45) is 5.10 Å². The van der Waals surface area contributed by atoms with Gasteiger partial charge in [-0.15, -0.1) is 0 Å². The molecular formula is C22H20FN5O4S. The molecule has 0 amide bonds. The Kier molecular flexibility index (Phi) is 5.97. The van der Waals surface area contributed by atoms with Crippen LogP contribution in [0.1, 0.15) is 5.69 Å². The first-order valence-corrected chi connectivity index (χ1v) is 11.1. The summed E-state index contributed by atoms with van der Waals surface area (Å²) < 4.78 is 53.1. The summed E-state index contributed by atoms with van der Waals surface area (Å²) in [4.78, 5) is 7.87. The lowest BCUT2D eigenvalue weighted by molar-refractivity contribution is 0.389. The Labute approximate surface area is 189 Å². The van der Waals surface area contributed by atoms with Crippen molar-refractivity contribution in [2.45, 2.75) is 4.90 Å². The van der Waals surface area contributed by atoms with Gasteiger partial charge in [0.1, 0.15) is 22.0 Å². The molecule has 0 N–H and O–H groups in total. The number of ether oxygens (including phenoxy) is 2. The van der Waals surface area contributed by atoms with Crippen molar-refractivity contribution >= 4 is 21.9 Å². The largest absolute Gasteiger partial charge is 0.497 e. The van der Waals surface area contributed by atoms with Gasteiger partial charge in [0.25, 0.3) is 10.0 Å². The van der Waals surface area contributed by atoms with Crippen molar-refractivity contribution in [2.75, 3.05) is 21.3 Å². The predicted octanol–water partition coefficient (Wildman–Crippen LogP) is 3.21. The van der Waals surface area contributed by atoms with E-state index >= 15 is 0 Å². The average Bonchev–Trinajstić information content (AvgIpc) is 3.24. The summed E-state index contributed by atoms with van der Waals surface area (Å²) in [7, 11) is 0.0963. The highest BCUT2D eigenvalue weighted by atomic mass is 32.2. The van der Waals surface area contributed by atoms with Gasteiger partial charge >= 0.3 is 0 Å². The number of aromatic nitrogens is 3. The molecule has 0 spiro atoms. The van der Waals surface area contributed by atoms with Crippen molar-refractivity contribution in [1.29, 1.82) is 0 Å². The molecular weight excluding hydrogens is 449 g/mol. The third-order valence-corrected chi connectivity index (χ3v) is 6.62. The Morgan fingerprint density at radius 2 is 1.94 bits per heavy atom. The molecule has 0 aliphatic heterocycles. The summed E-state index contributed by atoms with van der Waals surface area (Å²) >= 11 is 0. The normalized spacial score (nSPS) is 11.8. The summed E-state index contributed by atoms with van der Waals surface area (Å²) in [5.74, 6) is -0.0651. The van der Waals surface area contributed by atoms with Crippen molar-refractivity contribution in [1.82, 2.24) is 18.8 Å². The molecule has 3 aromatic heterocycles. The van der Waals surface area contributed by atoms with Crippen LogP contribution in [0.4, 0.5) is 4.39 Å². The van der Waals surface area contributed by atoms with Gasteiger partial charge in [-0.2, -0.15) is 22.3 Å². The molecule has 3 heterocycles. The minimum Gasteiger partial charge on any atom is -0.497 e. The molecule has 4 aromatic rings. The molecule has 0 aliphatic rings. The molecule has 0 radical (unpaired) electrons. The maximum absolute atomic E-state index is 14.1. The lowest BCUT2D eigenvalue weighted by Gasteiger charge is -2.16. The number of sulfonamides is 1. The molecule has 0 unspecified atom stereocenters. The number of hydrogen-bond acceptors (Lipinski definition) is 7. The Morgan fingerprint density at radius 3 is 2.67 bits per heavy atom. The molecule has 1 aromatic carbocycles. The third-order valence-electron chi connectivity index (χ3n) is 4.95. The quantitative estimate of drug-likeness (QED) is 0.234. The average molecular weight is 469 g/mol. The summed E-state index contributed by atoms with van der Waals surface area (Å²) in [6, 6.07) is 11.2. The fraction of sp³-hybridized carbons (Fsp3) is 0.136. The molecule has 170 valence electrons. The van der Waals surface area contributed by atoms with E-state index in [1.165, 1.54) is 52.0 Å². The van der Waals surface area contributed by atoms with Crippen LogP contribution in [0.2, 0.25) is 0 Å². The maximum atomic E-state index is 14.1. The van der Waals surface area contributed by atoms with Crippen LogP contribution in [0.15, 0.2) is 71.1 Å². The van der Waals surface area contributed by atoms with Gasteiger partial charge in [0.05, 0.1) is 32.3 Å². The van der Waals surface area contributed by atoms with Gasteiger partial charge in [0.15, 0.2) is 0 Å². The lowest BCUT2D eigenvalue weighted by Crippen LogP contribution is -2.22. The van der Waals surface area contributed by atoms with Crippen LogP contribution in [0.3, 0.4) is 0 Å². The highest BCUT2D eigenvalue weighted by Gasteiger charge is 2.25. The van der Waals surface area contributed by atoms with E-state index < -0.39 is 16.0 Å². The second kappa shape index (κ2) is 8.87. The Hall–Kier alpha value is -3.99. The van der Waals surface area contributed by atoms with Gasteiger partial charge in [-0.25, -0.2) is 9.97 Å². The van der Waals surface area contributed by atoms with Crippen LogP contribution in [0.25, 0.3) is 16.8 Å². The second-order valence-corrected chi connectivity index (χ2v) is 8.79. The van der Waals surface area contributed by atoms with Gasteiger partial charge < -0.3 is 9.47 Å². The van der Waals surface area contributed by atoms with Gasteiger partial charge in [0, 0.05) is 36.6 Å².